The molecule has 5 heteroatoms. The smallest absolute Gasteiger partial charge is 0.232 e. The summed E-state index contributed by atoms with van der Waals surface area (Å²) >= 11 is 0. The van der Waals surface area contributed by atoms with Gasteiger partial charge in [0.25, 0.3) is 0 Å². The van der Waals surface area contributed by atoms with Crippen LogP contribution in [-0.2, 0) is 16.4 Å². The maximum Gasteiger partial charge on any atom is 0.232 e. The van der Waals surface area contributed by atoms with Gasteiger partial charge in [0.1, 0.15) is 5.75 Å². The number of nitrogens with one attached hydrogen (secondary N) is 1. The standard InChI is InChI=1S/C17H21NO3S/c1-14-13-16(10-11-17(14)21-2)18-22(19,20)12-6-9-15-7-4-3-5-8-15/h3-5,7-8,10-11,13,18H,6,9,12H2,1-2H3. The van der Waals surface area contributed by atoms with Crippen molar-refractivity contribution in [2.45, 2.75) is 19.8 Å². The average Bonchev–Trinajstić information content (AvgIpc) is 2.48. The fourth-order valence-electron chi connectivity index (χ4n) is 2.28. The van der Waals surface area contributed by atoms with Crippen LogP contribution in [0.5, 0.6) is 5.75 Å². The number of sulfonamides is 1. The van der Waals surface area contributed by atoms with Crippen molar-refractivity contribution in [2.24, 2.45) is 0 Å². The van der Waals surface area contributed by atoms with E-state index in [1.165, 1.54) is 0 Å². The second-order valence-electron chi connectivity index (χ2n) is 5.19. The summed E-state index contributed by atoms with van der Waals surface area (Å²) in [6.07, 6.45) is 1.35. The molecule has 0 spiro atoms. The maximum atomic E-state index is 12.1. The minimum absolute atomic E-state index is 0.104. The van der Waals surface area contributed by atoms with Gasteiger partial charge in [-0.1, -0.05) is 30.3 Å². The van der Waals surface area contributed by atoms with Crippen LogP contribution in [0.15, 0.2) is 48.5 Å². The van der Waals surface area contributed by atoms with Gasteiger partial charge in [-0.2, -0.15) is 0 Å². The van der Waals surface area contributed by atoms with Crippen molar-refractivity contribution < 1.29 is 13.2 Å². The topological polar surface area (TPSA) is 55.4 Å². The number of rotatable bonds is 7. The summed E-state index contributed by atoms with van der Waals surface area (Å²) in [5.74, 6) is 0.847. The third-order valence-electron chi connectivity index (χ3n) is 3.39. The first-order chi connectivity index (χ1) is 10.5. The Morgan fingerprint density at radius 2 is 1.82 bits per heavy atom. The van der Waals surface area contributed by atoms with Crippen molar-refractivity contribution in [3.63, 3.8) is 0 Å². The first-order valence-corrected chi connectivity index (χ1v) is 8.84. The first-order valence-electron chi connectivity index (χ1n) is 7.19. The van der Waals surface area contributed by atoms with Crippen LogP contribution < -0.4 is 9.46 Å². The lowest BCUT2D eigenvalue weighted by Gasteiger charge is -2.10. The minimum Gasteiger partial charge on any atom is -0.496 e. The van der Waals surface area contributed by atoms with Crippen molar-refractivity contribution in [1.82, 2.24) is 0 Å². The maximum absolute atomic E-state index is 12.1. The van der Waals surface area contributed by atoms with Crippen molar-refractivity contribution in [2.75, 3.05) is 17.6 Å². The molecular weight excluding hydrogens is 298 g/mol. The van der Waals surface area contributed by atoms with Crippen LogP contribution in [0.3, 0.4) is 0 Å². The lowest BCUT2D eigenvalue weighted by atomic mass is 10.1. The van der Waals surface area contributed by atoms with Crippen molar-refractivity contribution in [3.05, 3.63) is 59.7 Å². The van der Waals surface area contributed by atoms with E-state index in [1.54, 1.807) is 25.3 Å². The van der Waals surface area contributed by atoms with Crippen LogP contribution in [0.4, 0.5) is 5.69 Å². The number of benzene rings is 2. The number of methoxy groups -OCH3 is 1. The molecule has 0 unspecified atom stereocenters. The van der Waals surface area contributed by atoms with Gasteiger partial charge in [0.15, 0.2) is 0 Å². The molecule has 1 N–H and O–H groups in total. The molecule has 2 aromatic rings. The summed E-state index contributed by atoms with van der Waals surface area (Å²) in [6, 6.07) is 15.1. The van der Waals surface area contributed by atoms with E-state index in [1.807, 2.05) is 37.3 Å². The van der Waals surface area contributed by atoms with E-state index in [2.05, 4.69) is 4.72 Å². The Morgan fingerprint density at radius 3 is 2.45 bits per heavy atom. The molecule has 0 saturated heterocycles. The Kier molecular flexibility index (Phi) is 5.44. The molecule has 0 atom stereocenters. The number of hydrogen-bond donors (Lipinski definition) is 1. The van der Waals surface area contributed by atoms with Crippen molar-refractivity contribution in [3.8, 4) is 5.75 Å². The summed E-state index contributed by atoms with van der Waals surface area (Å²) in [4.78, 5) is 0. The summed E-state index contributed by atoms with van der Waals surface area (Å²) in [5.41, 5.74) is 2.61. The predicted molar refractivity (Wildman–Crippen MR) is 89.9 cm³/mol. The molecule has 0 aliphatic heterocycles. The van der Waals surface area contributed by atoms with Gasteiger partial charge in [-0.3, -0.25) is 4.72 Å². The molecule has 0 heterocycles. The van der Waals surface area contributed by atoms with Crippen LogP contribution in [0.25, 0.3) is 0 Å². The lowest BCUT2D eigenvalue weighted by molar-refractivity contribution is 0.412. The molecule has 0 saturated carbocycles. The summed E-state index contributed by atoms with van der Waals surface area (Å²) in [5, 5.41) is 0. The number of anilines is 1. The van der Waals surface area contributed by atoms with Crippen molar-refractivity contribution >= 4 is 15.7 Å². The molecular formula is C17H21NO3S. The molecule has 0 bridgehead atoms. The van der Waals surface area contributed by atoms with Gasteiger partial charge in [0, 0.05) is 5.69 Å². The number of hydrogen-bond acceptors (Lipinski definition) is 3. The van der Waals surface area contributed by atoms with Gasteiger partial charge in [-0.25, -0.2) is 8.42 Å². The molecule has 0 radical (unpaired) electrons. The Morgan fingerprint density at radius 1 is 1.09 bits per heavy atom. The van der Waals surface area contributed by atoms with Gasteiger partial charge in [0.05, 0.1) is 12.9 Å². The van der Waals surface area contributed by atoms with Gasteiger partial charge >= 0.3 is 0 Å². The Hall–Kier alpha value is -2.01. The fourth-order valence-corrected chi connectivity index (χ4v) is 3.40. The van der Waals surface area contributed by atoms with E-state index >= 15 is 0 Å². The normalized spacial score (nSPS) is 11.2. The monoisotopic (exact) mass is 319 g/mol. The molecule has 0 fully saturated rings. The zero-order chi connectivity index (χ0) is 16.0. The van der Waals surface area contributed by atoms with Crippen LogP contribution >= 0.6 is 0 Å². The molecule has 0 aliphatic carbocycles. The van der Waals surface area contributed by atoms with Gasteiger partial charge in [0.2, 0.25) is 10.0 Å². The minimum atomic E-state index is -3.33. The zero-order valence-corrected chi connectivity index (χ0v) is 13.7. The number of ether oxygens (including phenoxy) is 1. The predicted octanol–water partition coefficient (Wildman–Crippen LogP) is 3.38. The van der Waals surface area contributed by atoms with Gasteiger partial charge < -0.3 is 4.74 Å². The average molecular weight is 319 g/mol. The van der Waals surface area contributed by atoms with Crippen molar-refractivity contribution in [1.29, 1.82) is 0 Å². The van der Waals surface area contributed by atoms with E-state index in [0.717, 1.165) is 23.3 Å². The lowest BCUT2D eigenvalue weighted by Crippen LogP contribution is -2.17. The molecule has 4 nitrogen and oxygen atoms in total. The third-order valence-corrected chi connectivity index (χ3v) is 4.76. The molecule has 0 amide bonds. The highest BCUT2D eigenvalue weighted by atomic mass is 32.2. The molecule has 118 valence electrons. The Labute approximate surface area is 132 Å². The Bertz CT molecular complexity index is 712. The van der Waals surface area contributed by atoms with E-state index in [4.69, 9.17) is 4.74 Å². The van der Waals surface area contributed by atoms with Crippen LogP contribution in [0.2, 0.25) is 0 Å². The zero-order valence-electron chi connectivity index (χ0n) is 12.9. The second-order valence-corrected chi connectivity index (χ2v) is 7.04. The SMILES string of the molecule is COc1ccc(NS(=O)(=O)CCCc2ccccc2)cc1C. The van der Waals surface area contributed by atoms with Crippen LogP contribution in [0, 0.1) is 6.92 Å². The second kappa shape index (κ2) is 7.31. The fraction of sp³-hybridized carbons (Fsp3) is 0.294. The van der Waals surface area contributed by atoms with E-state index in [0.29, 0.717) is 12.1 Å². The largest absolute Gasteiger partial charge is 0.496 e. The highest BCUT2D eigenvalue weighted by molar-refractivity contribution is 7.92. The summed E-state index contributed by atoms with van der Waals surface area (Å²) in [6.45, 7) is 1.88. The summed E-state index contributed by atoms with van der Waals surface area (Å²) < 4.78 is 32.0. The van der Waals surface area contributed by atoms with E-state index < -0.39 is 10.0 Å². The first kappa shape index (κ1) is 16.4. The Balaban J connectivity index is 1.92. The van der Waals surface area contributed by atoms with Crippen LogP contribution in [0.1, 0.15) is 17.5 Å². The van der Waals surface area contributed by atoms with E-state index in [-0.39, 0.29) is 5.75 Å². The molecule has 0 aromatic heterocycles. The third kappa shape index (κ3) is 4.77. The highest BCUT2D eigenvalue weighted by Gasteiger charge is 2.11. The molecule has 2 aromatic carbocycles. The molecule has 22 heavy (non-hydrogen) atoms. The van der Waals surface area contributed by atoms with Crippen LogP contribution in [-0.4, -0.2) is 21.3 Å². The highest BCUT2D eigenvalue weighted by Crippen LogP contribution is 2.22. The molecule has 2 rings (SSSR count). The quantitative estimate of drug-likeness (QED) is 0.851. The number of aryl methyl sites for hydroxylation is 2. The van der Waals surface area contributed by atoms with E-state index in [9.17, 15) is 8.42 Å². The van der Waals surface area contributed by atoms with Gasteiger partial charge in [-0.05, 0) is 49.1 Å². The van der Waals surface area contributed by atoms with Gasteiger partial charge in [-0.15, -0.1) is 0 Å². The molecule has 0 aliphatic rings. The summed E-state index contributed by atoms with van der Waals surface area (Å²) in [7, 11) is -1.74.